The third-order valence-electron chi connectivity index (χ3n) is 8.34. The van der Waals surface area contributed by atoms with Crippen LogP contribution >= 0.6 is 0 Å². The number of unbranched alkanes of at least 4 members (excludes halogenated alkanes) is 2. The number of carbonyl (C=O) groups excluding carboxylic acids is 4. The first kappa shape index (κ1) is 50.3. The summed E-state index contributed by atoms with van der Waals surface area (Å²) in [7, 11) is 0. The molecule has 57 heavy (non-hydrogen) atoms. The number of anilines is 1. The lowest BCUT2D eigenvalue weighted by atomic mass is 10.0. The van der Waals surface area contributed by atoms with E-state index in [1.165, 1.54) is 11.1 Å². The summed E-state index contributed by atoms with van der Waals surface area (Å²) < 4.78 is 17.2. The smallest absolute Gasteiger partial charge is 0.322 e. The summed E-state index contributed by atoms with van der Waals surface area (Å²) in [6, 6.07) is 14.1. The van der Waals surface area contributed by atoms with Crippen LogP contribution in [-0.2, 0) is 46.5 Å². The quantitative estimate of drug-likeness (QED) is 0.0658. The highest BCUT2D eigenvalue weighted by Crippen LogP contribution is 2.31. The van der Waals surface area contributed by atoms with Gasteiger partial charge in [-0.2, -0.15) is 0 Å². The van der Waals surface area contributed by atoms with Crippen LogP contribution in [0, 0.1) is 12.8 Å². The second-order valence-electron chi connectivity index (χ2n) is 14.3. The molecule has 14 nitrogen and oxygen atoms in total. The van der Waals surface area contributed by atoms with Crippen LogP contribution in [0.15, 0.2) is 42.5 Å². The summed E-state index contributed by atoms with van der Waals surface area (Å²) >= 11 is 0. The van der Waals surface area contributed by atoms with Gasteiger partial charge < -0.3 is 45.7 Å². The summed E-state index contributed by atoms with van der Waals surface area (Å²) in [6.45, 7) is 16.0. The van der Waals surface area contributed by atoms with Crippen molar-refractivity contribution < 1.29 is 48.4 Å². The molecule has 1 heterocycles. The molecule has 1 aliphatic rings. The molecular formula is C43H68N4O10. The number of aliphatic hydroxyl groups is 1. The SMILES string of the molecule is CC.CC(C)Nc1ccc(COC(=O)C(C)C)cc1OC1CC(O)CC(C(=O)NCCC(=O)NCC(=O)O)O1.CCCCNC(=O)CCCCc1ccc(C)cc1. The first-order valence-electron chi connectivity index (χ1n) is 20.3. The highest BCUT2D eigenvalue weighted by atomic mass is 16.7. The van der Waals surface area contributed by atoms with Crippen molar-refractivity contribution in [1.29, 1.82) is 0 Å². The number of hydrogen-bond donors (Lipinski definition) is 6. The molecule has 1 fully saturated rings. The molecule has 3 rings (SSSR count). The van der Waals surface area contributed by atoms with E-state index in [1.54, 1.807) is 26.0 Å². The number of carboxylic acid groups (broad SMARTS) is 1. The van der Waals surface area contributed by atoms with E-state index in [4.69, 9.17) is 19.3 Å². The van der Waals surface area contributed by atoms with Gasteiger partial charge in [-0.3, -0.25) is 24.0 Å². The minimum atomic E-state index is -1.16. The zero-order valence-electron chi connectivity index (χ0n) is 35.3. The Morgan fingerprint density at radius 2 is 1.51 bits per heavy atom. The fourth-order valence-corrected chi connectivity index (χ4v) is 5.29. The van der Waals surface area contributed by atoms with Gasteiger partial charge in [-0.15, -0.1) is 0 Å². The molecular weight excluding hydrogens is 732 g/mol. The number of rotatable bonds is 21. The van der Waals surface area contributed by atoms with Gasteiger partial charge >= 0.3 is 11.9 Å². The Morgan fingerprint density at radius 1 is 0.842 bits per heavy atom. The standard InChI is InChI=1S/C25H37N3O9.C16H25NO.C2H6/c1-14(2)25(34)35-13-16-5-6-18(28-15(3)4)19(9-16)36-23-11-17(29)10-20(37-23)24(33)26-8-7-21(30)27-12-22(31)32;1-3-4-13-17-16(18)8-6-5-7-15-11-9-14(2)10-12-15;1-2/h5-6,9,14-15,17,20,23,28-29H,7-8,10-13H2,1-4H3,(H,26,33)(H,27,30)(H,31,32);9-12H,3-8,13H2,1-2H3,(H,17,18);1-2H3. The molecule has 0 radical (unpaired) electrons. The van der Waals surface area contributed by atoms with Gasteiger partial charge in [0.2, 0.25) is 24.0 Å². The molecule has 0 aliphatic carbocycles. The van der Waals surface area contributed by atoms with Crippen LogP contribution in [0.25, 0.3) is 0 Å². The number of aryl methyl sites for hydroxylation is 2. The topological polar surface area (TPSA) is 202 Å². The predicted octanol–water partition coefficient (Wildman–Crippen LogP) is 5.81. The fourth-order valence-electron chi connectivity index (χ4n) is 5.29. The summed E-state index contributed by atoms with van der Waals surface area (Å²) in [5.74, 6) is -2.16. The molecule has 14 heteroatoms. The van der Waals surface area contributed by atoms with Gasteiger partial charge in [-0.25, -0.2) is 0 Å². The van der Waals surface area contributed by atoms with Crippen LogP contribution in [0.2, 0.25) is 0 Å². The van der Waals surface area contributed by atoms with E-state index in [2.05, 4.69) is 59.4 Å². The Kier molecular flexibility index (Phi) is 25.3. The van der Waals surface area contributed by atoms with E-state index in [9.17, 15) is 29.1 Å². The zero-order chi connectivity index (χ0) is 42.8. The fraction of sp³-hybridized carbons (Fsp3) is 0.605. The molecule has 0 bridgehead atoms. The van der Waals surface area contributed by atoms with Crippen LogP contribution in [-0.4, -0.2) is 84.0 Å². The van der Waals surface area contributed by atoms with E-state index in [1.807, 2.05) is 33.8 Å². The maximum atomic E-state index is 12.6. The summed E-state index contributed by atoms with van der Waals surface area (Å²) in [6.07, 6.45) is 3.30. The van der Waals surface area contributed by atoms with Gasteiger partial charge in [-0.1, -0.05) is 76.9 Å². The third kappa shape index (κ3) is 22.6. The van der Waals surface area contributed by atoms with Crippen LogP contribution in [0.5, 0.6) is 5.75 Å². The second-order valence-corrected chi connectivity index (χ2v) is 14.3. The van der Waals surface area contributed by atoms with E-state index in [0.29, 0.717) is 23.4 Å². The normalized spacial score (nSPS) is 15.9. The maximum Gasteiger partial charge on any atom is 0.322 e. The number of esters is 1. The molecule has 3 amide bonds. The van der Waals surface area contributed by atoms with E-state index >= 15 is 0 Å². The highest BCUT2D eigenvalue weighted by molar-refractivity contribution is 5.83. The zero-order valence-corrected chi connectivity index (χ0v) is 35.3. The van der Waals surface area contributed by atoms with Gasteiger partial charge in [0, 0.05) is 44.8 Å². The number of benzene rings is 2. The van der Waals surface area contributed by atoms with E-state index < -0.39 is 42.8 Å². The molecule has 1 saturated heterocycles. The number of carboxylic acids is 1. The number of aliphatic hydroxyl groups excluding tert-OH is 1. The van der Waals surface area contributed by atoms with Crippen molar-refractivity contribution in [2.75, 3.05) is 25.0 Å². The van der Waals surface area contributed by atoms with Crippen molar-refractivity contribution in [2.24, 2.45) is 5.92 Å². The van der Waals surface area contributed by atoms with Gasteiger partial charge in [0.15, 0.2) is 0 Å². The molecule has 3 unspecified atom stereocenters. The van der Waals surface area contributed by atoms with Crippen LogP contribution in [0.1, 0.15) is 117 Å². The lowest BCUT2D eigenvalue weighted by molar-refractivity contribution is -0.184. The van der Waals surface area contributed by atoms with Crippen LogP contribution in [0.4, 0.5) is 5.69 Å². The number of aliphatic carboxylic acids is 1. The average Bonchev–Trinajstić information content (AvgIpc) is 3.17. The van der Waals surface area contributed by atoms with Crippen molar-refractivity contribution in [3.8, 4) is 5.75 Å². The highest BCUT2D eigenvalue weighted by Gasteiger charge is 2.34. The van der Waals surface area contributed by atoms with E-state index in [-0.39, 0.29) is 56.3 Å². The number of nitrogens with one attached hydrogen (secondary N) is 4. The largest absolute Gasteiger partial charge is 0.480 e. The minimum Gasteiger partial charge on any atom is -0.480 e. The molecule has 6 N–H and O–H groups in total. The van der Waals surface area contributed by atoms with Crippen LogP contribution < -0.4 is 26.0 Å². The predicted molar refractivity (Wildman–Crippen MR) is 221 cm³/mol. The summed E-state index contributed by atoms with van der Waals surface area (Å²) in [5, 5.41) is 29.9. The lowest BCUT2D eigenvalue weighted by Gasteiger charge is -2.33. The molecule has 320 valence electrons. The number of ether oxygens (including phenoxy) is 3. The van der Waals surface area contributed by atoms with Crippen molar-refractivity contribution in [3.05, 3.63) is 59.2 Å². The first-order valence-corrected chi connectivity index (χ1v) is 20.3. The number of amides is 3. The number of carbonyl (C=O) groups is 5. The molecule has 0 spiro atoms. The summed E-state index contributed by atoms with van der Waals surface area (Å²) in [5.41, 5.74) is 4.04. The molecule has 2 aromatic carbocycles. The van der Waals surface area contributed by atoms with Gasteiger partial charge in [0.05, 0.1) is 17.7 Å². The van der Waals surface area contributed by atoms with Crippen molar-refractivity contribution in [1.82, 2.24) is 16.0 Å². The molecule has 3 atom stereocenters. The molecule has 0 saturated carbocycles. The summed E-state index contributed by atoms with van der Waals surface area (Å²) in [4.78, 5) is 58.0. The van der Waals surface area contributed by atoms with Crippen molar-refractivity contribution >= 4 is 35.3 Å². The monoisotopic (exact) mass is 800 g/mol. The van der Waals surface area contributed by atoms with E-state index in [0.717, 1.165) is 38.6 Å². The second kappa shape index (κ2) is 28.7. The van der Waals surface area contributed by atoms with Crippen LogP contribution in [0.3, 0.4) is 0 Å². The molecule has 2 aromatic rings. The average molecular weight is 801 g/mol. The lowest BCUT2D eigenvalue weighted by Crippen LogP contribution is -2.47. The third-order valence-corrected chi connectivity index (χ3v) is 8.34. The Balaban J connectivity index is 0.000000678. The van der Waals surface area contributed by atoms with Crippen molar-refractivity contribution in [2.45, 2.75) is 144 Å². The maximum absolute atomic E-state index is 12.6. The van der Waals surface area contributed by atoms with Gasteiger partial charge in [-0.05, 0) is 69.7 Å². The Morgan fingerprint density at radius 3 is 2.14 bits per heavy atom. The Bertz CT molecular complexity index is 1500. The number of hydrogen-bond acceptors (Lipinski definition) is 10. The van der Waals surface area contributed by atoms with Crippen molar-refractivity contribution in [3.63, 3.8) is 0 Å². The Labute approximate surface area is 339 Å². The Hall–Kier alpha value is -4.69. The first-order chi connectivity index (χ1) is 27.2. The minimum absolute atomic E-state index is 0.0225. The molecule has 0 aromatic heterocycles. The van der Waals surface area contributed by atoms with Gasteiger partial charge in [0.25, 0.3) is 0 Å². The van der Waals surface area contributed by atoms with Gasteiger partial charge in [0.1, 0.15) is 25.0 Å². The molecule has 1 aliphatic heterocycles.